The van der Waals surface area contributed by atoms with Gasteiger partial charge in [0.2, 0.25) is 0 Å². The zero-order chi connectivity index (χ0) is 12.5. The van der Waals surface area contributed by atoms with E-state index >= 15 is 0 Å². The van der Waals surface area contributed by atoms with Gasteiger partial charge in [0.15, 0.2) is 0 Å². The Morgan fingerprint density at radius 3 is 2.65 bits per heavy atom. The van der Waals surface area contributed by atoms with Crippen molar-refractivity contribution in [2.45, 2.75) is 32.1 Å². The van der Waals surface area contributed by atoms with Crippen LogP contribution in [0.2, 0.25) is 0 Å². The van der Waals surface area contributed by atoms with E-state index in [0.29, 0.717) is 5.92 Å². The number of methoxy groups -OCH3 is 1. The first kappa shape index (κ1) is 14.2. The first-order valence-electron chi connectivity index (χ1n) is 6.48. The maximum atomic E-state index is 5.10. The second kappa shape index (κ2) is 8.26. The standard InChI is InChI=1S/C15H25NO/c1-13-8-4-5-10-15(13)14(12-16-2)9-6-7-11-17-3/h4-5,8,10,14,16H,6-7,9,11-12H2,1-3H3. The Balaban J connectivity index is 2.56. The van der Waals surface area contributed by atoms with Crippen LogP contribution in [0.15, 0.2) is 24.3 Å². The van der Waals surface area contributed by atoms with Crippen LogP contribution in [0.5, 0.6) is 0 Å². The largest absolute Gasteiger partial charge is 0.385 e. The van der Waals surface area contributed by atoms with Crippen molar-refractivity contribution in [1.29, 1.82) is 0 Å². The number of likely N-dealkylation sites (N-methyl/N-ethyl adjacent to an activating group) is 1. The van der Waals surface area contributed by atoms with Gasteiger partial charge in [-0.15, -0.1) is 0 Å². The fourth-order valence-electron chi connectivity index (χ4n) is 2.30. The topological polar surface area (TPSA) is 21.3 Å². The first-order chi connectivity index (χ1) is 8.29. The van der Waals surface area contributed by atoms with Gasteiger partial charge in [-0.25, -0.2) is 0 Å². The highest BCUT2D eigenvalue weighted by Gasteiger charge is 2.12. The zero-order valence-electron chi connectivity index (χ0n) is 11.3. The molecule has 0 saturated carbocycles. The molecule has 2 nitrogen and oxygen atoms in total. The SMILES string of the molecule is CNCC(CCCCOC)c1ccccc1C. The van der Waals surface area contributed by atoms with Crippen molar-refractivity contribution in [3.05, 3.63) is 35.4 Å². The second-order valence-corrected chi connectivity index (χ2v) is 4.60. The van der Waals surface area contributed by atoms with E-state index in [1.165, 1.54) is 24.0 Å². The van der Waals surface area contributed by atoms with Gasteiger partial charge in [0.25, 0.3) is 0 Å². The Hall–Kier alpha value is -0.860. The predicted molar refractivity (Wildman–Crippen MR) is 73.6 cm³/mol. The lowest BCUT2D eigenvalue weighted by atomic mass is 9.90. The molecule has 0 aromatic heterocycles. The summed E-state index contributed by atoms with van der Waals surface area (Å²) in [7, 11) is 3.80. The summed E-state index contributed by atoms with van der Waals surface area (Å²) in [5.41, 5.74) is 2.89. The molecule has 0 bridgehead atoms. The fourth-order valence-corrected chi connectivity index (χ4v) is 2.30. The molecule has 0 radical (unpaired) electrons. The second-order valence-electron chi connectivity index (χ2n) is 4.60. The van der Waals surface area contributed by atoms with Gasteiger partial charge in [0, 0.05) is 20.3 Å². The Morgan fingerprint density at radius 1 is 1.24 bits per heavy atom. The Kier molecular flexibility index (Phi) is 6.90. The van der Waals surface area contributed by atoms with Crippen molar-refractivity contribution in [3.8, 4) is 0 Å². The minimum atomic E-state index is 0.623. The van der Waals surface area contributed by atoms with Crippen LogP contribution in [-0.2, 0) is 4.74 Å². The van der Waals surface area contributed by atoms with E-state index in [2.05, 4.69) is 36.5 Å². The summed E-state index contributed by atoms with van der Waals surface area (Å²) in [6, 6.07) is 8.71. The van der Waals surface area contributed by atoms with E-state index in [1.807, 2.05) is 7.05 Å². The highest BCUT2D eigenvalue weighted by atomic mass is 16.5. The Labute approximate surface area is 105 Å². The van der Waals surface area contributed by atoms with Crippen LogP contribution >= 0.6 is 0 Å². The highest BCUT2D eigenvalue weighted by Crippen LogP contribution is 2.24. The molecule has 1 atom stereocenters. The van der Waals surface area contributed by atoms with Crippen molar-refractivity contribution < 1.29 is 4.74 Å². The number of rotatable bonds is 8. The lowest BCUT2D eigenvalue weighted by molar-refractivity contribution is 0.191. The van der Waals surface area contributed by atoms with Gasteiger partial charge >= 0.3 is 0 Å². The monoisotopic (exact) mass is 235 g/mol. The smallest absolute Gasteiger partial charge is 0.0462 e. The summed E-state index contributed by atoms with van der Waals surface area (Å²) in [6.45, 7) is 4.13. The maximum absolute atomic E-state index is 5.10. The average molecular weight is 235 g/mol. The van der Waals surface area contributed by atoms with Crippen LogP contribution in [0.3, 0.4) is 0 Å². The van der Waals surface area contributed by atoms with Crippen molar-refractivity contribution in [2.75, 3.05) is 27.3 Å². The third kappa shape index (κ3) is 4.88. The summed E-state index contributed by atoms with van der Waals surface area (Å²) in [5.74, 6) is 0.623. The lowest BCUT2D eigenvalue weighted by Crippen LogP contribution is -2.18. The highest BCUT2D eigenvalue weighted by molar-refractivity contribution is 5.29. The van der Waals surface area contributed by atoms with Crippen molar-refractivity contribution >= 4 is 0 Å². The molecule has 0 saturated heterocycles. The number of nitrogens with one attached hydrogen (secondary N) is 1. The van der Waals surface area contributed by atoms with Gasteiger partial charge < -0.3 is 10.1 Å². The molecule has 1 rings (SSSR count). The van der Waals surface area contributed by atoms with Gasteiger partial charge in [-0.3, -0.25) is 0 Å². The predicted octanol–water partition coefficient (Wildman–Crippen LogP) is 3.11. The number of ether oxygens (including phenoxy) is 1. The van der Waals surface area contributed by atoms with Crippen molar-refractivity contribution in [3.63, 3.8) is 0 Å². The molecule has 0 amide bonds. The quantitative estimate of drug-likeness (QED) is 0.699. The molecule has 17 heavy (non-hydrogen) atoms. The number of hydrogen-bond donors (Lipinski definition) is 1. The molecule has 96 valence electrons. The Bertz CT molecular complexity index is 312. The average Bonchev–Trinajstić information content (AvgIpc) is 2.34. The maximum Gasteiger partial charge on any atom is 0.0462 e. The minimum Gasteiger partial charge on any atom is -0.385 e. The number of hydrogen-bond acceptors (Lipinski definition) is 2. The van der Waals surface area contributed by atoms with Gasteiger partial charge in [0.05, 0.1) is 0 Å². The van der Waals surface area contributed by atoms with Gasteiger partial charge in [0.1, 0.15) is 0 Å². The number of unbranched alkanes of at least 4 members (excludes halogenated alkanes) is 1. The summed E-state index contributed by atoms with van der Waals surface area (Å²) < 4.78 is 5.10. The number of benzene rings is 1. The Morgan fingerprint density at radius 2 is 2.00 bits per heavy atom. The fraction of sp³-hybridized carbons (Fsp3) is 0.600. The van der Waals surface area contributed by atoms with Crippen LogP contribution in [-0.4, -0.2) is 27.3 Å². The summed E-state index contributed by atoms with van der Waals surface area (Å²) in [4.78, 5) is 0. The molecule has 0 heterocycles. The minimum absolute atomic E-state index is 0.623. The van der Waals surface area contributed by atoms with E-state index in [-0.39, 0.29) is 0 Å². The molecule has 0 fully saturated rings. The van der Waals surface area contributed by atoms with Gasteiger partial charge in [-0.1, -0.05) is 30.7 Å². The third-order valence-corrected chi connectivity index (χ3v) is 3.23. The zero-order valence-corrected chi connectivity index (χ0v) is 11.3. The third-order valence-electron chi connectivity index (χ3n) is 3.23. The van der Waals surface area contributed by atoms with Crippen LogP contribution < -0.4 is 5.32 Å². The van der Waals surface area contributed by atoms with E-state index in [4.69, 9.17) is 4.74 Å². The molecule has 0 spiro atoms. The van der Waals surface area contributed by atoms with Gasteiger partial charge in [-0.2, -0.15) is 0 Å². The molecule has 1 N–H and O–H groups in total. The molecule has 0 aliphatic heterocycles. The summed E-state index contributed by atoms with van der Waals surface area (Å²) >= 11 is 0. The molecule has 1 unspecified atom stereocenters. The summed E-state index contributed by atoms with van der Waals surface area (Å²) in [5, 5.41) is 3.30. The molecule has 1 aromatic rings. The molecule has 1 aromatic carbocycles. The molecular weight excluding hydrogens is 210 g/mol. The van der Waals surface area contributed by atoms with E-state index in [1.54, 1.807) is 7.11 Å². The summed E-state index contributed by atoms with van der Waals surface area (Å²) in [6.07, 6.45) is 3.62. The van der Waals surface area contributed by atoms with Crippen LogP contribution in [0.1, 0.15) is 36.3 Å². The molecule has 0 aliphatic rings. The van der Waals surface area contributed by atoms with Crippen LogP contribution in [0.4, 0.5) is 0 Å². The first-order valence-corrected chi connectivity index (χ1v) is 6.48. The van der Waals surface area contributed by atoms with Crippen LogP contribution in [0, 0.1) is 6.92 Å². The van der Waals surface area contributed by atoms with E-state index in [0.717, 1.165) is 19.6 Å². The van der Waals surface area contributed by atoms with E-state index < -0.39 is 0 Å². The molecule has 0 aliphatic carbocycles. The van der Waals surface area contributed by atoms with Crippen molar-refractivity contribution in [2.24, 2.45) is 0 Å². The lowest BCUT2D eigenvalue weighted by Gasteiger charge is -2.19. The van der Waals surface area contributed by atoms with Crippen molar-refractivity contribution in [1.82, 2.24) is 5.32 Å². The van der Waals surface area contributed by atoms with E-state index in [9.17, 15) is 0 Å². The normalized spacial score (nSPS) is 12.6. The molecule has 2 heteroatoms. The number of aryl methyl sites for hydroxylation is 1. The van der Waals surface area contributed by atoms with Crippen LogP contribution in [0.25, 0.3) is 0 Å². The van der Waals surface area contributed by atoms with Gasteiger partial charge in [-0.05, 0) is 43.9 Å². The molecular formula is C15H25NO.